The highest BCUT2D eigenvalue weighted by atomic mass is 16.5. The number of nitrogens with two attached hydrogens (primary N) is 1. The topological polar surface area (TPSA) is 38.5 Å². The van der Waals surface area contributed by atoms with Crippen molar-refractivity contribution < 1.29 is 4.74 Å². The van der Waals surface area contributed by atoms with Gasteiger partial charge in [-0.1, -0.05) is 18.2 Å². The summed E-state index contributed by atoms with van der Waals surface area (Å²) in [6.45, 7) is 0.658. The van der Waals surface area contributed by atoms with Gasteiger partial charge in [-0.25, -0.2) is 0 Å². The van der Waals surface area contributed by atoms with Crippen LogP contribution in [0.5, 0.6) is 5.75 Å². The normalized spacial score (nSPS) is 12.9. The Hall–Kier alpha value is -1.06. The van der Waals surface area contributed by atoms with Crippen molar-refractivity contribution in [1.82, 2.24) is 4.90 Å². The van der Waals surface area contributed by atoms with E-state index in [2.05, 4.69) is 11.0 Å². The van der Waals surface area contributed by atoms with Gasteiger partial charge in [-0.05, 0) is 32.1 Å². The van der Waals surface area contributed by atoms with Crippen LogP contribution in [0.1, 0.15) is 5.56 Å². The van der Waals surface area contributed by atoms with Crippen LogP contribution in [0.2, 0.25) is 0 Å². The molecule has 3 heteroatoms. The van der Waals surface area contributed by atoms with Crippen LogP contribution in [0, 0.1) is 0 Å². The van der Waals surface area contributed by atoms with Gasteiger partial charge in [0.1, 0.15) is 5.75 Å². The molecule has 0 aliphatic heterocycles. The summed E-state index contributed by atoms with van der Waals surface area (Å²) >= 11 is 0. The summed E-state index contributed by atoms with van der Waals surface area (Å²) in [6.07, 6.45) is 0.924. The molecule has 1 unspecified atom stereocenters. The molecular formula is C12H20N2O. The van der Waals surface area contributed by atoms with Crippen molar-refractivity contribution in [1.29, 1.82) is 0 Å². The fourth-order valence-corrected chi connectivity index (χ4v) is 1.60. The van der Waals surface area contributed by atoms with Crippen molar-refractivity contribution in [3.63, 3.8) is 0 Å². The second kappa shape index (κ2) is 5.73. The van der Waals surface area contributed by atoms with Crippen molar-refractivity contribution in [2.75, 3.05) is 27.7 Å². The molecule has 2 N–H and O–H groups in total. The number of nitrogens with zero attached hydrogens (tertiary/aromatic N) is 1. The average molecular weight is 208 g/mol. The lowest BCUT2D eigenvalue weighted by atomic mass is 10.0. The van der Waals surface area contributed by atoms with Crippen LogP contribution in [0.4, 0.5) is 0 Å². The zero-order valence-corrected chi connectivity index (χ0v) is 9.73. The average Bonchev–Trinajstić information content (AvgIpc) is 2.25. The molecule has 0 saturated carbocycles. The second-order valence-electron chi connectivity index (χ2n) is 3.87. The van der Waals surface area contributed by atoms with E-state index in [-0.39, 0.29) is 0 Å². The molecule has 84 valence electrons. The minimum Gasteiger partial charge on any atom is -0.496 e. The highest BCUT2D eigenvalue weighted by molar-refractivity contribution is 5.33. The Balaban J connectivity index is 2.78. The predicted molar refractivity (Wildman–Crippen MR) is 63.2 cm³/mol. The van der Waals surface area contributed by atoms with Gasteiger partial charge < -0.3 is 15.4 Å². The minimum atomic E-state index is 0.362. The molecule has 0 aliphatic carbocycles. The van der Waals surface area contributed by atoms with Gasteiger partial charge in [0.2, 0.25) is 0 Å². The van der Waals surface area contributed by atoms with Crippen LogP contribution in [0.15, 0.2) is 24.3 Å². The standard InChI is InChI=1S/C12H20N2O/c1-14(2)11(9-13)8-10-6-4-5-7-12(10)15-3/h4-7,11H,8-9,13H2,1-3H3. The molecule has 1 aromatic rings. The second-order valence-corrected chi connectivity index (χ2v) is 3.87. The largest absolute Gasteiger partial charge is 0.496 e. The number of methoxy groups -OCH3 is 1. The Morgan fingerprint density at radius 1 is 1.33 bits per heavy atom. The molecule has 0 radical (unpaired) electrons. The van der Waals surface area contributed by atoms with Crippen molar-refractivity contribution in [3.8, 4) is 5.75 Å². The van der Waals surface area contributed by atoms with Crippen LogP contribution in [0.3, 0.4) is 0 Å². The van der Waals surface area contributed by atoms with Crippen LogP contribution < -0.4 is 10.5 Å². The van der Waals surface area contributed by atoms with Crippen LogP contribution in [-0.2, 0) is 6.42 Å². The molecule has 0 aliphatic rings. The lowest BCUT2D eigenvalue weighted by Gasteiger charge is -2.23. The maximum absolute atomic E-state index is 5.73. The monoisotopic (exact) mass is 208 g/mol. The first-order valence-corrected chi connectivity index (χ1v) is 5.17. The van der Waals surface area contributed by atoms with Crippen LogP contribution in [0.25, 0.3) is 0 Å². The number of hydrogen-bond donors (Lipinski definition) is 1. The number of para-hydroxylation sites is 1. The van der Waals surface area contributed by atoms with Gasteiger partial charge in [0, 0.05) is 12.6 Å². The Bertz CT molecular complexity index is 299. The predicted octanol–water partition coefficient (Wildman–Crippen LogP) is 1.13. The van der Waals surface area contributed by atoms with Crippen molar-refractivity contribution in [2.24, 2.45) is 5.73 Å². The zero-order chi connectivity index (χ0) is 11.3. The highest BCUT2D eigenvalue weighted by Gasteiger charge is 2.12. The molecule has 1 rings (SSSR count). The number of likely N-dealkylation sites (N-methyl/N-ethyl adjacent to an activating group) is 1. The summed E-state index contributed by atoms with van der Waals surface area (Å²) in [6, 6.07) is 8.45. The van der Waals surface area contributed by atoms with Crippen LogP contribution >= 0.6 is 0 Å². The summed E-state index contributed by atoms with van der Waals surface area (Å²) in [7, 11) is 5.80. The summed E-state index contributed by atoms with van der Waals surface area (Å²) in [5.41, 5.74) is 6.94. The lowest BCUT2D eigenvalue weighted by Crippen LogP contribution is -2.36. The highest BCUT2D eigenvalue weighted by Crippen LogP contribution is 2.19. The molecule has 0 aromatic heterocycles. The number of ether oxygens (including phenoxy) is 1. The summed E-state index contributed by atoms with van der Waals surface area (Å²) < 4.78 is 5.31. The van der Waals surface area contributed by atoms with Gasteiger partial charge in [-0.15, -0.1) is 0 Å². The molecule has 0 fully saturated rings. The molecule has 1 atom stereocenters. The maximum atomic E-state index is 5.73. The van der Waals surface area contributed by atoms with Crippen molar-refractivity contribution >= 4 is 0 Å². The van der Waals surface area contributed by atoms with Gasteiger partial charge >= 0.3 is 0 Å². The van der Waals surface area contributed by atoms with E-state index in [1.165, 1.54) is 5.56 Å². The van der Waals surface area contributed by atoms with Gasteiger partial charge in [0.15, 0.2) is 0 Å². The molecule has 0 spiro atoms. The summed E-state index contributed by atoms with van der Waals surface area (Å²) in [5.74, 6) is 0.942. The van der Waals surface area contributed by atoms with Crippen LogP contribution in [-0.4, -0.2) is 38.7 Å². The molecule has 0 amide bonds. The van der Waals surface area contributed by atoms with E-state index >= 15 is 0 Å². The summed E-state index contributed by atoms with van der Waals surface area (Å²) in [5, 5.41) is 0. The number of hydrogen-bond acceptors (Lipinski definition) is 3. The first-order chi connectivity index (χ1) is 7.19. The third-order valence-electron chi connectivity index (χ3n) is 2.65. The quantitative estimate of drug-likeness (QED) is 0.788. The zero-order valence-electron chi connectivity index (χ0n) is 9.73. The van der Waals surface area contributed by atoms with Crippen molar-refractivity contribution in [2.45, 2.75) is 12.5 Å². The fourth-order valence-electron chi connectivity index (χ4n) is 1.60. The van der Waals surface area contributed by atoms with E-state index in [1.807, 2.05) is 32.3 Å². The Labute approximate surface area is 91.8 Å². The summed E-state index contributed by atoms with van der Waals surface area (Å²) in [4.78, 5) is 2.15. The van der Waals surface area contributed by atoms with E-state index in [1.54, 1.807) is 7.11 Å². The smallest absolute Gasteiger partial charge is 0.122 e. The third kappa shape index (κ3) is 3.22. The van der Waals surface area contributed by atoms with Gasteiger partial charge in [0.05, 0.1) is 7.11 Å². The Morgan fingerprint density at radius 2 is 2.00 bits per heavy atom. The number of rotatable bonds is 5. The first-order valence-electron chi connectivity index (χ1n) is 5.17. The minimum absolute atomic E-state index is 0.362. The molecule has 0 bridgehead atoms. The molecular weight excluding hydrogens is 188 g/mol. The maximum Gasteiger partial charge on any atom is 0.122 e. The third-order valence-corrected chi connectivity index (χ3v) is 2.65. The van der Waals surface area contributed by atoms with Gasteiger partial charge in [-0.2, -0.15) is 0 Å². The molecule has 0 saturated heterocycles. The van der Waals surface area contributed by atoms with E-state index in [4.69, 9.17) is 10.5 Å². The van der Waals surface area contributed by atoms with E-state index in [0.29, 0.717) is 12.6 Å². The van der Waals surface area contributed by atoms with Gasteiger partial charge in [-0.3, -0.25) is 0 Å². The molecule has 0 heterocycles. The fraction of sp³-hybridized carbons (Fsp3) is 0.500. The SMILES string of the molecule is COc1ccccc1CC(CN)N(C)C. The molecule has 1 aromatic carbocycles. The van der Waals surface area contributed by atoms with E-state index in [9.17, 15) is 0 Å². The Kier molecular flexibility index (Phi) is 4.59. The van der Waals surface area contributed by atoms with Crippen molar-refractivity contribution in [3.05, 3.63) is 29.8 Å². The first kappa shape index (κ1) is 12.0. The van der Waals surface area contributed by atoms with E-state index in [0.717, 1.165) is 12.2 Å². The lowest BCUT2D eigenvalue weighted by molar-refractivity contribution is 0.294. The van der Waals surface area contributed by atoms with E-state index < -0.39 is 0 Å². The number of benzene rings is 1. The Morgan fingerprint density at radius 3 is 2.53 bits per heavy atom. The molecule has 15 heavy (non-hydrogen) atoms. The van der Waals surface area contributed by atoms with Gasteiger partial charge in [0.25, 0.3) is 0 Å². The molecule has 3 nitrogen and oxygen atoms in total.